The summed E-state index contributed by atoms with van der Waals surface area (Å²) in [6.07, 6.45) is 2.13. The lowest BCUT2D eigenvalue weighted by atomic mass is 10.0. The number of piperidine rings is 1. The number of hydrogen-bond acceptors (Lipinski definition) is 6. The first-order chi connectivity index (χ1) is 13.9. The molecule has 8 heteroatoms. The Hall–Kier alpha value is -2.61. The Labute approximate surface area is 175 Å². The topological polar surface area (TPSA) is 83.6 Å². The predicted octanol–water partition coefficient (Wildman–Crippen LogP) is 3.66. The molecule has 0 bridgehead atoms. The number of aromatic nitrogens is 1. The van der Waals surface area contributed by atoms with Gasteiger partial charge in [-0.2, -0.15) is 0 Å². The van der Waals surface area contributed by atoms with Crippen molar-refractivity contribution in [3.05, 3.63) is 35.3 Å². The highest BCUT2D eigenvalue weighted by Gasteiger charge is 2.25. The van der Waals surface area contributed by atoms with E-state index in [9.17, 15) is 9.59 Å². The van der Waals surface area contributed by atoms with E-state index in [1.807, 2.05) is 29.2 Å². The van der Waals surface area contributed by atoms with Crippen molar-refractivity contribution in [1.82, 2.24) is 15.2 Å². The van der Waals surface area contributed by atoms with Gasteiger partial charge < -0.3 is 20.3 Å². The number of hydrogen-bond donors (Lipinski definition) is 2. The summed E-state index contributed by atoms with van der Waals surface area (Å²) in [6, 6.07) is 7.59. The van der Waals surface area contributed by atoms with Crippen molar-refractivity contribution in [2.75, 3.05) is 25.5 Å². The fraction of sp³-hybridized carbons (Fsp3) is 0.476. The summed E-state index contributed by atoms with van der Waals surface area (Å²) in [5.41, 5.74) is 1.29. The van der Waals surface area contributed by atoms with Gasteiger partial charge >= 0.3 is 0 Å². The maximum atomic E-state index is 12.5. The minimum atomic E-state index is -0.170. The number of benzene rings is 1. The minimum Gasteiger partial charge on any atom is -0.497 e. The summed E-state index contributed by atoms with van der Waals surface area (Å²) in [4.78, 5) is 31.0. The van der Waals surface area contributed by atoms with Gasteiger partial charge in [0.25, 0.3) is 5.91 Å². The van der Waals surface area contributed by atoms with E-state index in [4.69, 9.17) is 4.74 Å². The number of thiazole rings is 1. The number of nitrogens with one attached hydrogen (secondary N) is 2. The molecule has 29 heavy (non-hydrogen) atoms. The normalized spacial score (nSPS) is 14.7. The van der Waals surface area contributed by atoms with Crippen molar-refractivity contribution < 1.29 is 14.3 Å². The Morgan fingerprint density at radius 1 is 1.24 bits per heavy atom. The third-order valence-corrected chi connectivity index (χ3v) is 5.60. The second-order valence-electron chi connectivity index (χ2n) is 7.62. The number of anilines is 2. The second kappa shape index (κ2) is 9.73. The zero-order valence-electron chi connectivity index (χ0n) is 17.1. The first kappa shape index (κ1) is 21.1. The fourth-order valence-electron chi connectivity index (χ4n) is 3.24. The van der Waals surface area contributed by atoms with Gasteiger partial charge in [-0.3, -0.25) is 9.59 Å². The van der Waals surface area contributed by atoms with Crippen LogP contribution in [0.3, 0.4) is 0 Å². The van der Waals surface area contributed by atoms with Gasteiger partial charge in [0.15, 0.2) is 5.13 Å². The summed E-state index contributed by atoms with van der Waals surface area (Å²) in [6.45, 7) is 5.49. The zero-order chi connectivity index (χ0) is 20.8. The van der Waals surface area contributed by atoms with Crippen molar-refractivity contribution in [3.8, 4) is 5.75 Å². The van der Waals surface area contributed by atoms with Crippen molar-refractivity contribution in [3.63, 3.8) is 0 Å². The van der Waals surface area contributed by atoms with Crippen LogP contribution in [0.1, 0.15) is 43.6 Å². The molecule has 7 nitrogen and oxygen atoms in total. The summed E-state index contributed by atoms with van der Waals surface area (Å²) >= 11 is 1.39. The van der Waals surface area contributed by atoms with Gasteiger partial charge in [0.05, 0.1) is 7.11 Å². The molecule has 2 heterocycles. The Balaban J connectivity index is 1.48. The Morgan fingerprint density at radius 3 is 2.55 bits per heavy atom. The SMILES string of the molecule is COc1ccc(Nc2nc(C(=O)NC3CCN(C(=O)CC(C)C)CC3)cs2)cc1. The van der Waals surface area contributed by atoms with Gasteiger partial charge in [-0.1, -0.05) is 13.8 Å². The number of methoxy groups -OCH3 is 1. The van der Waals surface area contributed by atoms with Gasteiger partial charge in [0.2, 0.25) is 5.91 Å². The highest BCUT2D eigenvalue weighted by atomic mass is 32.1. The van der Waals surface area contributed by atoms with Crippen LogP contribution in [0.5, 0.6) is 5.75 Å². The van der Waals surface area contributed by atoms with Gasteiger partial charge in [-0.25, -0.2) is 4.98 Å². The van der Waals surface area contributed by atoms with Crippen LogP contribution in [0, 0.1) is 5.92 Å². The summed E-state index contributed by atoms with van der Waals surface area (Å²) in [5.74, 6) is 1.19. The van der Waals surface area contributed by atoms with Crippen LogP contribution in [0.25, 0.3) is 0 Å². The molecule has 3 rings (SSSR count). The number of rotatable bonds is 7. The molecule has 0 unspecified atom stereocenters. The molecule has 0 atom stereocenters. The molecule has 1 aromatic carbocycles. The van der Waals surface area contributed by atoms with Crippen molar-refractivity contribution >= 4 is 34.0 Å². The minimum absolute atomic E-state index is 0.0743. The molecule has 1 fully saturated rings. The molecule has 0 radical (unpaired) electrons. The highest BCUT2D eigenvalue weighted by molar-refractivity contribution is 7.14. The second-order valence-corrected chi connectivity index (χ2v) is 8.48. The molecule has 0 spiro atoms. The van der Waals surface area contributed by atoms with Crippen LogP contribution < -0.4 is 15.4 Å². The Morgan fingerprint density at radius 2 is 1.93 bits per heavy atom. The van der Waals surface area contributed by atoms with Crippen LogP contribution in [0.4, 0.5) is 10.8 Å². The maximum Gasteiger partial charge on any atom is 0.271 e. The standard InChI is InChI=1S/C21H28N4O3S/c1-14(2)12-19(26)25-10-8-16(9-11-25)22-20(27)18-13-29-21(24-18)23-15-4-6-17(28-3)7-5-15/h4-7,13-14,16H,8-12H2,1-3H3,(H,22,27)(H,23,24). The number of carbonyl (C=O) groups is 2. The Kier molecular flexibility index (Phi) is 7.09. The molecule has 156 valence electrons. The molecule has 2 amide bonds. The fourth-order valence-corrected chi connectivity index (χ4v) is 3.96. The third-order valence-electron chi connectivity index (χ3n) is 4.84. The van der Waals surface area contributed by atoms with E-state index >= 15 is 0 Å². The Bertz CT molecular complexity index is 827. The lowest BCUT2D eigenvalue weighted by molar-refractivity contribution is -0.133. The summed E-state index contributed by atoms with van der Waals surface area (Å²) in [5, 5.41) is 8.66. The van der Waals surface area contributed by atoms with Gasteiger partial charge in [0.1, 0.15) is 11.4 Å². The van der Waals surface area contributed by atoms with Crippen molar-refractivity contribution in [2.24, 2.45) is 5.92 Å². The number of amides is 2. The van der Waals surface area contributed by atoms with E-state index in [2.05, 4.69) is 29.5 Å². The van der Waals surface area contributed by atoms with Crippen LogP contribution in [-0.4, -0.2) is 47.9 Å². The van der Waals surface area contributed by atoms with E-state index in [-0.39, 0.29) is 17.9 Å². The first-order valence-corrected chi connectivity index (χ1v) is 10.8. The van der Waals surface area contributed by atoms with Crippen molar-refractivity contribution in [2.45, 2.75) is 39.2 Å². The molecular formula is C21H28N4O3S. The third kappa shape index (κ3) is 5.93. The average Bonchev–Trinajstić information content (AvgIpc) is 3.17. The van der Waals surface area contributed by atoms with E-state index < -0.39 is 0 Å². The van der Waals surface area contributed by atoms with Crippen molar-refractivity contribution in [1.29, 1.82) is 0 Å². The number of nitrogens with zero attached hydrogens (tertiary/aromatic N) is 2. The number of carbonyl (C=O) groups excluding carboxylic acids is 2. The van der Waals surface area contributed by atoms with Crippen LogP contribution in [-0.2, 0) is 4.79 Å². The molecule has 1 saturated heterocycles. The maximum absolute atomic E-state index is 12.5. The van der Waals surface area contributed by atoms with Crippen LogP contribution in [0.2, 0.25) is 0 Å². The predicted molar refractivity (Wildman–Crippen MR) is 115 cm³/mol. The molecule has 1 aliphatic heterocycles. The lowest BCUT2D eigenvalue weighted by Gasteiger charge is -2.32. The molecule has 2 N–H and O–H groups in total. The number of likely N-dealkylation sites (tertiary alicyclic amines) is 1. The highest BCUT2D eigenvalue weighted by Crippen LogP contribution is 2.23. The average molecular weight is 417 g/mol. The molecule has 0 aliphatic carbocycles. The monoisotopic (exact) mass is 416 g/mol. The largest absolute Gasteiger partial charge is 0.497 e. The van der Waals surface area contributed by atoms with Crippen LogP contribution in [0.15, 0.2) is 29.6 Å². The number of ether oxygens (including phenoxy) is 1. The van der Waals surface area contributed by atoms with Crippen LogP contribution >= 0.6 is 11.3 Å². The van der Waals surface area contributed by atoms with E-state index in [0.29, 0.717) is 36.3 Å². The van der Waals surface area contributed by atoms with E-state index in [1.165, 1.54) is 11.3 Å². The van der Waals surface area contributed by atoms with Gasteiger partial charge in [0, 0.05) is 36.6 Å². The van der Waals surface area contributed by atoms with E-state index in [1.54, 1.807) is 12.5 Å². The van der Waals surface area contributed by atoms with Gasteiger partial charge in [-0.05, 0) is 43.0 Å². The molecular weight excluding hydrogens is 388 g/mol. The summed E-state index contributed by atoms with van der Waals surface area (Å²) in [7, 11) is 1.63. The first-order valence-electron chi connectivity index (χ1n) is 9.90. The smallest absolute Gasteiger partial charge is 0.271 e. The molecule has 1 aromatic heterocycles. The summed E-state index contributed by atoms with van der Waals surface area (Å²) < 4.78 is 5.15. The lowest BCUT2D eigenvalue weighted by Crippen LogP contribution is -2.46. The zero-order valence-corrected chi connectivity index (χ0v) is 17.9. The molecule has 1 aliphatic rings. The quantitative estimate of drug-likeness (QED) is 0.720. The molecule has 0 saturated carbocycles. The van der Waals surface area contributed by atoms with Gasteiger partial charge in [-0.15, -0.1) is 11.3 Å². The molecule has 2 aromatic rings. The van der Waals surface area contributed by atoms with E-state index in [0.717, 1.165) is 24.3 Å².